The summed E-state index contributed by atoms with van der Waals surface area (Å²) in [5.74, 6) is 0.0309. The lowest BCUT2D eigenvalue weighted by atomic mass is 9.83. The number of carbonyl (C=O) groups excluding carboxylic acids is 5. The van der Waals surface area contributed by atoms with E-state index in [4.69, 9.17) is 14.2 Å². The van der Waals surface area contributed by atoms with E-state index in [2.05, 4.69) is 25.7 Å². The molecule has 2 aromatic carbocycles. The number of hydrogen-bond donors (Lipinski definition) is 2. The van der Waals surface area contributed by atoms with E-state index in [-0.39, 0.29) is 55.0 Å². The molecule has 5 rings (SSSR count). The Hall–Kier alpha value is -5.67. The maximum atomic E-state index is 14.0. The van der Waals surface area contributed by atoms with Gasteiger partial charge in [-0.15, -0.1) is 5.10 Å². The number of rotatable bonds is 18. The van der Waals surface area contributed by atoms with E-state index in [0.717, 1.165) is 50.5 Å². The van der Waals surface area contributed by atoms with Crippen molar-refractivity contribution in [1.29, 1.82) is 0 Å². The first-order valence-corrected chi connectivity index (χ1v) is 21.5. The van der Waals surface area contributed by atoms with Gasteiger partial charge in [-0.05, 0) is 89.1 Å². The number of aryl methyl sites for hydroxylation is 1. The molecule has 16 nitrogen and oxygen atoms in total. The van der Waals surface area contributed by atoms with Gasteiger partial charge in [0, 0.05) is 55.4 Å². The predicted molar refractivity (Wildman–Crippen MR) is 227 cm³/mol. The number of carbonyl (C=O) groups is 5. The summed E-state index contributed by atoms with van der Waals surface area (Å²) in [6, 6.07) is 12.1. The monoisotopic (exact) mass is 845 g/mol. The molecule has 61 heavy (non-hydrogen) atoms. The molecule has 1 saturated heterocycles. The molecule has 2 N–H and O–H groups in total. The molecular formula is C45H63N7O9. The van der Waals surface area contributed by atoms with E-state index in [0.29, 0.717) is 67.5 Å². The molecule has 1 aromatic heterocycles. The highest BCUT2D eigenvalue weighted by Crippen LogP contribution is 2.31. The molecule has 16 heteroatoms. The summed E-state index contributed by atoms with van der Waals surface area (Å²) >= 11 is 0. The minimum absolute atomic E-state index is 0.00807. The molecule has 1 aliphatic carbocycles. The van der Waals surface area contributed by atoms with Crippen LogP contribution in [0.3, 0.4) is 0 Å². The van der Waals surface area contributed by atoms with Crippen LogP contribution in [0.15, 0.2) is 48.7 Å². The fourth-order valence-corrected chi connectivity index (χ4v) is 7.86. The second-order valence-corrected chi connectivity index (χ2v) is 16.7. The second kappa shape index (κ2) is 22.3. The fourth-order valence-electron chi connectivity index (χ4n) is 7.86. The van der Waals surface area contributed by atoms with Gasteiger partial charge in [0.2, 0.25) is 11.8 Å². The first-order valence-electron chi connectivity index (χ1n) is 21.5. The van der Waals surface area contributed by atoms with Crippen LogP contribution in [0.4, 0.5) is 4.79 Å². The number of amides is 4. The van der Waals surface area contributed by atoms with Crippen LogP contribution in [0.5, 0.6) is 11.5 Å². The topological polar surface area (TPSA) is 184 Å². The third-order valence-corrected chi connectivity index (χ3v) is 11.0. The van der Waals surface area contributed by atoms with Gasteiger partial charge in [0.15, 0.2) is 0 Å². The van der Waals surface area contributed by atoms with Gasteiger partial charge in [0.25, 0.3) is 5.91 Å². The molecule has 2 aliphatic rings. The Morgan fingerprint density at radius 2 is 1.77 bits per heavy atom. The summed E-state index contributed by atoms with van der Waals surface area (Å²) in [6.45, 7) is 9.17. The Labute approximate surface area is 359 Å². The Morgan fingerprint density at radius 3 is 2.49 bits per heavy atom. The summed E-state index contributed by atoms with van der Waals surface area (Å²) in [5.41, 5.74) is 1.99. The summed E-state index contributed by atoms with van der Waals surface area (Å²) < 4.78 is 23.2. The Balaban J connectivity index is 1.23. The summed E-state index contributed by atoms with van der Waals surface area (Å²) in [7, 11) is 2.91. The van der Waals surface area contributed by atoms with Crippen LogP contribution >= 0.6 is 0 Å². The van der Waals surface area contributed by atoms with Crippen molar-refractivity contribution in [3.8, 4) is 11.5 Å². The third kappa shape index (κ3) is 13.9. The zero-order valence-corrected chi connectivity index (χ0v) is 36.6. The second-order valence-electron chi connectivity index (χ2n) is 16.7. The number of esters is 1. The van der Waals surface area contributed by atoms with Crippen molar-refractivity contribution in [2.75, 3.05) is 47.0 Å². The summed E-state index contributed by atoms with van der Waals surface area (Å²) in [4.78, 5) is 69.8. The van der Waals surface area contributed by atoms with Crippen LogP contribution < -0.4 is 20.1 Å². The molecule has 0 spiro atoms. The van der Waals surface area contributed by atoms with Crippen molar-refractivity contribution in [3.05, 3.63) is 71.0 Å². The average Bonchev–Trinajstić information content (AvgIpc) is 3.72. The number of nitrogens with one attached hydrogen (secondary N) is 2. The molecule has 4 amide bonds. The Kier molecular flexibility index (Phi) is 16.9. The van der Waals surface area contributed by atoms with E-state index in [9.17, 15) is 24.0 Å². The van der Waals surface area contributed by atoms with Gasteiger partial charge >= 0.3 is 12.1 Å². The molecule has 2 heterocycles. The predicted octanol–water partition coefficient (Wildman–Crippen LogP) is 5.43. The largest absolute Gasteiger partial charge is 0.497 e. The number of piperidine rings is 1. The van der Waals surface area contributed by atoms with E-state index < -0.39 is 17.7 Å². The van der Waals surface area contributed by atoms with Gasteiger partial charge in [-0.3, -0.25) is 28.8 Å². The van der Waals surface area contributed by atoms with E-state index in [1.165, 1.54) is 12.0 Å². The maximum Gasteiger partial charge on any atom is 0.411 e. The SMILES string of the molecule is CCOc1cc(OC)ccc1CN(CC(=O)N1CCCC(c2cccc(C(=O)N[C@@H](C(=O)NCCc3cn(CCC(=O)OC)nn3)C3CCCCC3)c2)C1)C(=O)OC(C)(C)C. The van der Waals surface area contributed by atoms with Crippen LogP contribution in [0.25, 0.3) is 0 Å². The van der Waals surface area contributed by atoms with Crippen LogP contribution in [0.1, 0.15) is 112 Å². The minimum Gasteiger partial charge on any atom is -0.497 e. The van der Waals surface area contributed by atoms with E-state index in [1.54, 1.807) is 61.9 Å². The summed E-state index contributed by atoms with van der Waals surface area (Å²) in [6.07, 6.45) is 8.11. The van der Waals surface area contributed by atoms with Crippen molar-refractivity contribution in [1.82, 2.24) is 35.4 Å². The number of likely N-dealkylation sites (tertiary alicyclic amines) is 1. The normalized spacial score (nSPS) is 16.2. The zero-order chi connectivity index (χ0) is 43.9. The molecule has 1 unspecified atom stereocenters. The first kappa shape index (κ1) is 46.4. The van der Waals surface area contributed by atoms with Gasteiger partial charge < -0.3 is 34.5 Å². The van der Waals surface area contributed by atoms with Crippen LogP contribution in [-0.2, 0) is 43.4 Å². The van der Waals surface area contributed by atoms with Crippen LogP contribution in [-0.4, -0.2) is 113 Å². The molecule has 1 aliphatic heterocycles. The van der Waals surface area contributed by atoms with Crippen molar-refractivity contribution in [2.45, 2.75) is 116 Å². The standard InChI is InChI=1S/C45H63N7O9/c1-7-60-38-26-37(58-5)19-18-35(38)28-51(44(57)61-45(2,3)4)30-39(53)50-23-12-17-34(27-50)32-15-11-16-33(25-32)42(55)47-41(31-13-9-8-10-14-31)43(56)46-22-20-36-29-52(49-48-36)24-21-40(54)59-6/h11,15-16,18-19,25-26,29,31,34,41H,7-10,12-14,17,20-24,27-28,30H2,1-6H3,(H,46,56)(H,47,55)/t34?,41-/m1/s1. The minimum atomic E-state index is -0.770. The lowest BCUT2D eigenvalue weighted by Crippen LogP contribution is -2.51. The molecule has 332 valence electrons. The van der Waals surface area contributed by atoms with Gasteiger partial charge in [-0.25, -0.2) is 4.79 Å². The number of benzene rings is 2. The molecule has 0 bridgehead atoms. The Bertz CT molecular complexity index is 1960. The quantitative estimate of drug-likeness (QED) is 0.156. The van der Waals surface area contributed by atoms with Crippen LogP contribution in [0.2, 0.25) is 0 Å². The number of aromatic nitrogens is 3. The van der Waals surface area contributed by atoms with E-state index >= 15 is 0 Å². The highest BCUT2D eigenvalue weighted by atomic mass is 16.6. The van der Waals surface area contributed by atoms with Crippen molar-refractivity contribution in [3.63, 3.8) is 0 Å². The number of ether oxygens (including phenoxy) is 4. The molecule has 0 radical (unpaired) electrons. The lowest BCUT2D eigenvalue weighted by molar-refractivity contribution is -0.141. The summed E-state index contributed by atoms with van der Waals surface area (Å²) in [5, 5.41) is 14.3. The number of hydrogen-bond acceptors (Lipinski definition) is 11. The number of methoxy groups -OCH3 is 2. The van der Waals surface area contributed by atoms with Crippen molar-refractivity contribution >= 4 is 29.8 Å². The highest BCUT2D eigenvalue weighted by Gasteiger charge is 2.33. The maximum absolute atomic E-state index is 14.0. The molecular weight excluding hydrogens is 783 g/mol. The fraction of sp³-hybridized carbons (Fsp3) is 0.578. The molecule has 1 saturated carbocycles. The first-order chi connectivity index (χ1) is 29.3. The van der Waals surface area contributed by atoms with Gasteiger partial charge in [0.1, 0.15) is 29.7 Å². The third-order valence-electron chi connectivity index (χ3n) is 11.0. The molecule has 2 atom stereocenters. The van der Waals surface area contributed by atoms with Gasteiger partial charge in [-0.2, -0.15) is 0 Å². The molecule has 3 aromatic rings. The van der Waals surface area contributed by atoms with E-state index in [1.807, 2.05) is 31.2 Å². The van der Waals surface area contributed by atoms with Gasteiger partial charge in [0.05, 0.1) is 46.0 Å². The molecule has 2 fully saturated rings. The van der Waals surface area contributed by atoms with Crippen LogP contribution in [0, 0.1) is 5.92 Å². The van der Waals surface area contributed by atoms with Gasteiger partial charge in [-0.1, -0.05) is 36.6 Å². The zero-order valence-electron chi connectivity index (χ0n) is 36.6. The lowest BCUT2D eigenvalue weighted by Gasteiger charge is -2.35. The average molecular weight is 846 g/mol. The van der Waals surface area contributed by atoms with Crippen molar-refractivity contribution in [2.24, 2.45) is 5.92 Å². The van der Waals surface area contributed by atoms with Crippen molar-refractivity contribution < 1.29 is 42.9 Å². The highest BCUT2D eigenvalue weighted by molar-refractivity contribution is 5.97. The Morgan fingerprint density at radius 1 is 0.984 bits per heavy atom. The smallest absolute Gasteiger partial charge is 0.411 e. The number of nitrogens with zero attached hydrogens (tertiary/aromatic N) is 5.